The van der Waals surface area contributed by atoms with Crippen molar-refractivity contribution < 1.29 is 8.42 Å². The van der Waals surface area contributed by atoms with Crippen molar-refractivity contribution in [2.45, 2.75) is 53.0 Å². The molecule has 1 atom stereocenters. The molecule has 0 aliphatic heterocycles. The van der Waals surface area contributed by atoms with Gasteiger partial charge in [0.05, 0.1) is 11.5 Å². The first kappa shape index (κ1) is 15.9. The molecule has 0 fully saturated rings. The normalized spacial score (nSPS) is 15.1. The van der Waals surface area contributed by atoms with Crippen molar-refractivity contribution >= 4 is 9.84 Å². The number of sulfone groups is 1. The van der Waals surface area contributed by atoms with Crippen LogP contribution in [0.25, 0.3) is 0 Å². The van der Waals surface area contributed by atoms with Gasteiger partial charge in [0.15, 0.2) is 9.84 Å². The lowest BCUT2D eigenvalue weighted by Crippen LogP contribution is -2.37. The summed E-state index contributed by atoms with van der Waals surface area (Å²) >= 11 is 0. The highest BCUT2D eigenvalue weighted by Crippen LogP contribution is 2.07. The van der Waals surface area contributed by atoms with E-state index in [9.17, 15) is 8.42 Å². The maximum absolute atomic E-state index is 11.7. The summed E-state index contributed by atoms with van der Waals surface area (Å²) in [6.45, 7) is 11.0. The second-order valence-corrected chi connectivity index (χ2v) is 7.89. The second-order valence-electron chi connectivity index (χ2n) is 5.66. The molecule has 0 amide bonds. The van der Waals surface area contributed by atoms with Crippen molar-refractivity contribution in [2.75, 3.05) is 18.1 Å². The molecule has 0 rings (SSSR count). The quantitative estimate of drug-likeness (QED) is 0.704. The smallest absolute Gasteiger partial charge is 0.150 e. The highest BCUT2D eigenvalue weighted by Gasteiger charge is 2.15. The topological polar surface area (TPSA) is 46.2 Å². The first-order valence-electron chi connectivity index (χ1n) is 6.12. The third kappa shape index (κ3) is 9.16. The third-order valence-electron chi connectivity index (χ3n) is 2.52. The Hall–Kier alpha value is -0.0900. The fourth-order valence-corrected chi connectivity index (χ4v) is 3.24. The molecule has 0 bridgehead atoms. The molecule has 0 aliphatic carbocycles. The molecule has 3 nitrogen and oxygen atoms in total. The van der Waals surface area contributed by atoms with Crippen LogP contribution in [0, 0.1) is 5.92 Å². The fraction of sp³-hybridized carbons (Fsp3) is 1.00. The van der Waals surface area contributed by atoms with Crippen molar-refractivity contribution in [1.29, 1.82) is 0 Å². The summed E-state index contributed by atoms with van der Waals surface area (Å²) in [7, 11) is -2.85. The molecule has 0 aliphatic rings. The van der Waals surface area contributed by atoms with Gasteiger partial charge in [-0.25, -0.2) is 8.42 Å². The van der Waals surface area contributed by atoms with Crippen LogP contribution in [0.5, 0.6) is 0 Å². The molecule has 0 saturated carbocycles. The van der Waals surface area contributed by atoms with Crippen LogP contribution in [-0.2, 0) is 9.84 Å². The standard InChI is InChI=1S/C12H27NO2S/c1-6-11(2)10-16(14,15)9-7-8-13-12(3,4)5/h11,13H,6-10H2,1-5H3. The molecule has 0 spiro atoms. The summed E-state index contributed by atoms with van der Waals surface area (Å²) in [4.78, 5) is 0. The number of nitrogens with one attached hydrogen (secondary N) is 1. The minimum Gasteiger partial charge on any atom is -0.312 e. The molecular weight excluding hydrogens is 222 g/mol. The van der Waals surface area contributed by atoms with Crippen molar-refractivity contribution in [1.82, 2.24) is 5.32 Å². The Morgan fingerprint density at radius 1 is 1.25 bits per heavy atom. The highest BCUT2D eigenvalue weighted by molar-refractivity contribution is 7.91. The van der Waals surface area contributed by atoms with E-state index in [1.807, 2.05) is 13.8 Å². The average Bonchev–Trinajstić information content (AvgIpc) is 2.10. The predicted molar refractivity (Wildman–Crippen MR) is 70.5 cm³/mol. The van der Waals surface area contributed by atoms with Gasteiger partial charge in [-0.1, -0.05) is 20.3 Å². The SMILES string of the molecule is CCC(C)CS(=O)(=O)CCCNC(C)(C)C. The summed E-state index contributed by atoms with van der Waals surface area (Å²) in [5.74, 6) is 0.917. The van der Waals surface area contributed by atoms with Gasteiger partial charge in [-0.05, 0) is 39.7 Å². The molecule has 98 valence electrons. The molecule has 0 radical (unpaired) electrons. The Bertz CT molecular complexity index is 278. The van der Waals surface area contributed by atoms with Gasteiger partial charge in [-0.2, -0.15) is 0 Å². The monoisotopic (exact) mass is 249 g/mol. The van der Waals surface area contributed by atoms with E-state index in [-0.39, 0.29) is 11.5 Å². The predicted octanol–water partition coefficient (Wildman–Crippen LogP) is 2.23. The largest absolute Gasteiger partial charge is 0.312 e. The Kier molecular flexibility index (Phi) is 6.56. The molecule has 1 unspecified atom stereocenters. The zero-order valence-electron chi connectivity index (χ0n) is 11.3. The zero-order chi connectivity index (χ0) is 12.8. The van der Waals surface area contributed by atoms with E-state index in [1.54, 1.807) is 0 Å². The number of rotatable bonds is 7. The Labute approximate surface area is 101 Å². The zero-order valence-corrected chi connectivity index (χ0v) is 12.2. The van der Waals surface area contributed by atoms with Gasteiger partial charge < -0.3 is 5.32 Å². The van der Waals surface area contributed by atoms with Crippen LogP contribution in [0.3, 0.4) is 0 Å². The minimum absolute atomic E-state index is 0.0699. The van der Waals surface area contributed by atoms with E-state index >= 15 is 0 Å². The average molecular weight is 249 g/mol. The minimum atomic E-state index is -2.85. The maximum Gasteiger partial charge on any atom is 0.150 e. The Morgan fingerprint density at radius 2 is 1.81 bits per heavy atom. The molecule has 16 heavy (non-hydrogen) atoms. The van der Waals surface area contributed by atoms with Crippen LogP contribution in [-0.4, -0.2) is 32.0 Å². The van der Waals surface area contributed by atoms with Crippen LogP contribution in [0.4, 0.5) is 0 Å². The molecule has 0 aromatic carbocycles. The van der Waals surface area contributed by atoms with Crippen molar-refractivity contribution in [3.63, 3.8) is 0 Å². The summed E-state index contributed by atoms with van der Waals surface area (Å²) in [6, 6.07) is 0. The van der Waals surface area contributed by atoms with Gasteiger partial charge in [0.25, 0.3) is 0 Å². The van der Waals surface area contributed by atoms with Gasteiger partial charge in [-0.15, -0.1) is 0 Å². The summed E-state index contributed by atoms with van der Waals surface area (Å²) in [5.41, 5.74) is 0.0699. The second kappa shape index (κ2) is 6.60. The first-order valence-corrected chi connectivity index (χ1v) is 7.94. The van der Waals surface area contributed by atoms with Crippen molar-refractivity contribution in [3.05, 3.63) is 0 Å². The lowest BCUT2D eigenvalue weighted by molar-refractivity contribution is 0.426. The van der Waals surface area contributed by atoms with Gasteiger partial charge in [0.1, 0.15) is 0 Å². The number of hydrogen-bond donors (Lipinski definition) is 1. The number of hydrogen-bond acceptors (Lipinski definition) is 3. The van der Waals surface area contributed by atoms with Crippen molar-refractivity contribution in [3.8, 4) is 0 Å². The molecule has 0 heterocycles. The summed E-state index contributed by atoms with van der Waals surface area (Å²) in [5, 5.41) is 3.30. The van der Waals surface area contributed by atoms with Gasteiger partial charge in [-0.3, -0.25) is 0 Å². The molecular formula is C12H27NO2S. The highest BCUT2D eigenvalue weighted by atomic mass is 32.2. The van der Waals surface area contributed by atoms with Crippen LogP contribution < -0.4 is 5.32 Å². The molecule has 0 aromatic rings. The fourth-order valence-electron chi connectivity index (χ4n) is 1.39. The van der Waals surface area contributed by atoms with Crippen LogP contribution in [0.1, 0.15) is 47.5 Å². The summed E-state index contributed by atoms with van der Waals surface area (Å²) < 4.78 is 23.4. The maximum atomic E-state index is 11.7. The lowest BCUT2D eigenvalue weighted by Gasteiger charge is -2.20. The van der Waals surface area contributed by atoms with E-state index in [0.29, 0.717) is 17.9 Å². The molecule has 0 aromatic heterocycles. The molecule has 1 N–H and O–H groups in total. The molecule has 0 saturated heterocycles. The Morgan fingerprint density at radius 3 is 2.25 bits per heavy atom. The van der Waals surface area contributed by atoms with Gasteiger partial charge in [0, 0.05) is 5.54 Å². The van der Waals surface area contributed by atoms with Crippen LogP contribution in [0.15, 0.2) is 0 Å². The Balaban J connectivity index is 3.84. The summed E-state index contributed by atoms with van der Waals surface area (Å²) in [6.07, 6.45) is 1.63. The van der Waals surface area contributed by atoms with Gasteiger partial charge >= 0.3 is 0 Å². The van der Waals surface area contributed by atoms with Crippen LogP contribution in [0.2, 0.25) is 0 Å². The third-order valence-corrected chi connectivity index (χ3v) is 4.51. The van der Waals surface area contributed by atoms with E-state index in [2.05, 4.69) is 26.1 Å². The van der Waals surface area contributed by atoms with E-state index in [0.717, 1.165) is 13.0 Å². The van der Waals surface area contributed by atoms with E-state index < -0.39 is 9.84 Å². The van der Waals surface area contributed by atoms with Crippen molar-refractivity contribution in [2.24, 2.45) is 5.92 Å². The first-order chi connectivity index (χ1) is 7.16. The van der Waals surface area contributed by atoms with Crippen LogP contribution >= 0.6 is 0 Å². The van der Waals surface area contributed by atoms with E-state index in [4.69, 9.17) is 0 Å². The lowest BCUT2D eigenvalue weighted by atomic mass is 10.1. The van der Waals surface area contributed by atoms with E-state index in [1.165, 1.54) is 0 Å². The van der Waals surface area contributed by atoms with Gasteiger partial charge in [0.2, 0.25) is 0 Å². The molecule has 4 heteroatoms.